The number of pyridine rings is 1. The Morgan fingerprint density at radius 1 is 1.23 bits per heavy atom. The van der Waals surface area contributed by atoms with Gasteiger partial charge in [0, 0.05) is 0 Å². The second-order valence-corrected chi connectivity index (χ2v) is 2.18. The number of ether oxygens (including phenoxy) is 1. The molecule has 0 radical (unpaired) electrons. The normalized spacial score (nSPS) is 11.3. The fraction of sp³-hybridized carbons (Fsp3) is 0.167. The van der Waals surface area contributed by atoms with E-state index in [0.29, 0.717) is 0 Å². The van der Waals surface area contributed by atoms with E-state index in [0.717, 1.165) is 0 Å². The third-order valence-corrected chi connectivity index (χ3v) is 1.12. The molecule has 1 heterocycles. The molecule has 0 aliphatic heterocycles. The summed E-state index contributed by atoms with van der Waals surface area (Å²) >= 11 is 0. The molecule has 7 heteroatoms. The molecule has 0 atom stereocenters. The van der Waals surface area contributed by atoms with Crippen LogP contribution in [-0.2, 0) is 0 Å². The number of aromatic nitrogens is 1. The van der Waals surface area contributed by atoms with E-state index in [2.05, 4.69) is 9.72 Å². The van der Waals surface area contributed by atoms with Gasteiger partial charge in [-0.25, -0.2) is 0 Å². The average Bonchev–Trinajstić information content (AvgIpc) is 1.94. The van der Waals surface area contributed by atoms with Crippen LogP contribution in [0.15, 0.2) is 12.1 Å². The quantitative estimate of drug-likeness (QED) is 0.701. The average molecular weight is 193 g/mol. The molecule has 0 unspecified atom stereocenters. The molecule has 0 saturated carbocycles. The Bertz CT molecular complexity index is 312. The molecule has 72 valence electrons. The van der Waals surface area contributed by atoms with Gasteiger partial charge in [-0.2, -0.15) is 4.98 Å². The van der Waals surface area contributed by atoms with Crippen LogP contribution >= 0.6 is 0 Å². The lowest BCUT2D eigenvalue weighted by atomic mass is 10.4. The van der Waals surface area contributed by atoms with Crippen molar-refractivity contribution in [2.24, 2.45) is 0 Å². The van der Waals surface area contributed by atoms with E-state index in [1.54, 1.807) is 0 Å². The molecule has 0 aliphatic rings. The fourth-order valence-electron chi connectivity index (χ4n) is 0.657. The van der Waals surface area contributed by atoms with Crippen LogP contribution in [0.5, 0.6) is 5.88 Å². The molecular formula is C6H6F3N3O. The topological polar surface area (TPSA) is 74.2 Å². The molecule has 1 aromatic rings. The molecule has 0 bridgehead atoms. The van der Waals surface area contributed by atoms with Crippen LogP contribution < -0.4 is 16.2 Å². The first-order chi connectivity index (χ1) is 5.88. The highest BCUT2D eigenvalue weighted by Crippen LogP contribution is 2.26. The number of rotatable bonds is 1. The minimum atomic E-state index is -4.81. The first-order valence-electron chi connectivity index (χ1n) is 3.16. The SMILES string of the molecule is Nc1ccc(N)c(OC(F)(F)F)n1. The van der Waals surface area contributed by atoms with Gasteiger partial charge in [0.25, 0.3) is 0 Å². The summed E-state index contributed by atoms with van der Waals surface area (Å²) in [5.74, 6) is -0.819. The number of nitrogens with two attached hydrogens (primary N) is 2. The third-order valence-electron chi connectivity index (χ3n) is 1.12. The van der Waals surface area contributed by atoms with Gasteiger partial charge in [-0.3, -0.25) is 0 Å². The second-order valence-electron chi connectivity index (χ2n) is 2.18. The van der Waals surface area contributed by atoms with Crippen molar-refractivity contribution in [2.75, 3.05) is 11.5 Å². The van der Waals surface area contributed by atoms with Crippen molar-refractivity contribution in [1.82, 2.24) is 4.98 Å². The predicted octanol–water partition coefficient (Wildman–Crippen LogP) is 1.14. The van der Waals surface area contributed by atoms with Crippen molar-refractivity contribution in [2.45, 2.75) is 6.36 Å². The van der Waals surface area contributed by atoms with Gasteiger partial charge >= 0.3 is 6.36 Å². The highest BCUT2D eigenvalue weighted by molar-refractivity contribution is 5.52. The molecule has 13 heavy (non-hydrogen) atoms. The van der Waals surface area contributed by atoms with Crippen LogP contribution in [-0.4, -0.2) is 11.3 Å². The van der Waals surface area contributed by atoms with Gasteiger partial charge in [-0.05, 0) is 12.1 Å². The lowest BCUT2D eigenvalue weighted by molar-refractivity contribution is -0.275. The minimum Gasteiger partial charge on any atom is -0.394 e. The van der Waals surface area contributed by atoms with Crippen molar-refractivity contribution in [3.8, 4) is 5.88 Å². The van der Waals surface area contributed by atoms with Crippen LogP contribution in [0.25, 0.3) is 0 Å². The number of hydrogen-bond donors (Lipinski definition) is 2. The number of nitrogens with zero attached hydrogens (tertiary/aromatic N) is 1. The van der Waals surface area contributed by atoms with E-state index >= 15 is 0 Å². The smallest absolute Gasteiger partial charge is 0.394 e. The fourth-order valence-corrected chi connectivity index (χ4v) is 0.657. The summed E-state index contributed by atoms with van der Waals surface area (Å²) in [4.78, 5) is 3.27. The molecule has 0 saturated heterocycles. The lowest BCUT2D eigenvalue weighted by Crippen LogP contribution is -2.19. The summed E-state index contributed by atoms with van der Waals surface area (Å²) in [5.41, 5.74) is 10.1. The summed E-state index contributed by atoms with van der Waals surface area (Å²) in [6.45, 7) is 0. The summed E-state index contributed by atoms with van der Waals surface area (Å²) in [7, 11) is 0. The van der Waals surface area contributed by atoms with Gasteiger partial charge in [0.2, 0.25) is 5.88 Å². The maximum atomic E-state index is 11.7. The zero-order chi connectivity index (χ0) is 10.1. The highest BCUT2D eigenvalue weighted by Gasteiger charge is 2.32. The Kier molecular flexibility index (Phi) is 2.18. The second kappa shape index (κ2) is 3.00. The molecule has 0 aromatic carbocycles. The van der Waals surface area contributed by atoms with Gasteiger partial charge < -0.3 is 16.2 Å². The molecule has 0 aliphatic carbocycles. The monoisotopic (exact) mass is 193 g/mol. The maximum absolute atomic E-state index is 11.7. The van der Waals surface area contributed by atoms with Crippen LogP contribution in [0.2, 0.25) is 0 Å². The van der Waals surface area contributed by atoms with Crippen LogP contribution in [0.3, 0.4) is 0 Å². The van der Waals surface area contributed by atoms with Gasteiger partial charge in [0.05, 0.1) is 5.69 Å². The summed E-state index contributed by atoms with van der Waals surface area (Å²) in [6.07, 6.45) is -4.81. The molecule has 1 rings (SSSR count). The predicted molar refractivity (Wildman–Crippen MR) is 39.7 cm³/mol. The largest absolute Gasteiger partial charge is 0.574 e. The van der Waals surface area contributed by atoms with Crippen molar-refractivity contribution < 1.29 is 17.9 Å². The molecular weight excluding hydrogens is 187 g/mol. The Labute approximate surface area is 71.3 Å². The van der Waals surface area contributed by atoms with E-state index in [4.69, 9.17) is 11.5 Å². The molecule has 4 nitrogen and oxygen atoms in total. The molecule has 0 spiro atoms. The van der Waals surface area contributed by atoms with Gasteiger partial charge in [0.15, 0.2) is 0 Å². The van der Waals surface area contributed by atoms with E-state index in [1.165, 1.54) is 12.1 Å². The van der Waals surface area contributed by atoms with Crippen molar-refractivity contribution >= 4 is 11.5 Å². The molecule has 0 amide bonds. The van der Waals surface area contributed by atoms with Gasteiger partial charge in [0.1, 0.15) is 5.82 Å². The number of halogens is 3. The standard InChI is InChI=1S/C6H6F3N3O/c7-6(8,9)13-5-3(10)1-2-4(11)12-5/h1-2H,10H2,(H2,11,12). The zero-order valence-corrected chi connectivity index (χ0v) is 6.30. The molecule has 1 aromatic heterocycles. The molecule has 0 fully saturated rings. The van der Waals surface area contributed by atoms with Crippen molar-refractivity contribution in [3.05, 3.63) is 12.1 Å². The van der Waals surface area contributed by atoms with E-state index in [1.807, 2.05) is 0 Å². The van der Waals surface area contributed by atoms with Crippen LogP contribution in [0.4, 0.5) is 24.7 Å². The van der Waals surface area contributed by atoms with E-state index < -0.39 is 12.2 Å². The Balaban J connectivity index is 2.94. The lowest BCUT2D eigenvalue weighted by Gasteiger charge is -2.09. The van der Waals surface area contributed by atoms with Crippen LogP contribution in [0, 0.1) is 0 Å². The number of alkyl halides is 3. The van der Waals surface area contributed by atoms with Gasteiger partial charge in [-0.15, -0.1) is 13.2 Å². The number of anilines is 2. The van der Waals surface area contributed by atoms with Crippen molar-refractivity contribution in [1.29, 1.82) is 0 Å². The van der Waals surface area contributed by atoms with E-state index in [9.17, 15) is 13.2 Å². The zero-order valence-electron chi connectivity index (χ0n) is 6.30. The Morgan fingerprint density at radius 3 is 2.38 bits per heavy atom. The number of nitrogen functional groups attached to an aromatic ring is 2. The minimum absolute atomic E-state index is 0.0894. The van der Waals surface area contributed by atoms with E-state index in [-0.39, 0.29) is 11.5 Å². The first-order valence-corrected chi connectivity index (χ1v) is 3.16. The Hall–Kier alpha value is -1.66. The number of hydrogen-bond acceptors (Lipinski definition) is 4. The first kappa shape index (κ1) is 9.43. The summed E-state index contributed by atoms with van der Waals surface area (Å²) in [6, 6.07) is 2.46. The third kappa shape index (κ3) is 2.69. The van der Waals surface area contributed by atoms with Gasteiger partial charge in [-0.1, -0.05) is 0 Å². The summed E-state index contributed by atoms with van der Waals surface area (Å²) in [5, 5.41) is 0. The highest BCUT2D eigenvalue weighted by atomic mass is 19.4. The molecule has 4 N–H and O–H groups in total. The van der Waals surface area contributed by atoms with Crippen molar-refractivity contribution in [3.63, 3.8) is 0 Å². The summed E-state index contributed by atoms with van der Waals surface area (Å²) < 4.78 is 38.6. The van der Waals surface area contributed by atoms with Crippen LogP contribution in [0.1, 0.15) is 0 Å². The Morgan fingerprint density at radius 2 is 1.85 bits per heavy atom. The maximum Gasteiger partial charge on any atom is 0.574 e.